The molecule has 0 aromatic heterocycles. The summed E-state index contributed by atoms with van der Waals surface area (Å²) in [6.45, 7) is 11.9. The summed E-state index contributed by atoms with van der Waals surface area (Å²) in [6, 6.07) is 53.3. The zero-order valence-electron chi connectivity index (χ0n) is 27.5. The van der Waals surface area contributed by atoms with Gasteiger partial charge >= 0.3 is 0 Å². The second kappa shape index (κ2) is 11.8. The predicted octanol–water partition coefficient (Wildman–Crippen LogP) is 11.8. The number of hydrogen-bond donors (Lipinski definition) is 0. The van der Waals surface area contributed by atoms with Gasteiger partial charge in [-0.3, -0.25) is 0 Å². The van der Waals surface area contributed by atoms with Gasteiger partial charge in [-0.2, -0.15) is 0 Å². The minimum atomic E-state index is -1.29. The molecule has 226 valence electrons. The van der Waals surface area contributed by atoms with Gasteiger partial charge in [-0.15, -0.1) is 0 Å². The van der Waals surface area contributed by atoms with Crippen molar-refractivity contribution < 1.29 is 0 Å². The third-order valence-corrected chi connectivity index (χ3v) is 11.5. The Hall–Kier alpha value is -4.92. The quantitative estimate of drug-likeness (QED) is 0.128. The summed E-state index contributed by atoms with van der Waals surface area (Å²) in [7, 11) is -1.29. The van der Waals surface area contributed by atoms with Gasteiger partial charge in [0.1, 0.15) is 0 Å². The van der Waals surface area contributed by atoms with Gasteiger partial charge in [-0.1, -0.05) is 160 Å². The molecule has 6 aromatic rings. The molecule has 1 aliphatic rings. The Bertz CT molecular complexity index is 1970. The van der Waals surface area contributed by atoms with Gasteiger partial charge in [0, 0.05) is 22.5 Å². The third-order valence-electron chi connectivity index (χ3n) is 9.43. The highest BCUT2D eigenvalue weighted by molar-refractivity contribution is 6.88. The number of anilines is 3. The van der Waals surface area contributed by atoms with E-state index in [0.29, 0.717) is 0 Å². The highest BCUT2D eigenvalue weighted by Crippen LogP contribution is 2.51. The van der Waals surface area contributed by atoms with Gasteiger partial charge in [-0.05, 0) is 80.9 Å². The van der Waals surface area contributed by atoms with Gasteiger partial charge in [0.2, 0.25) is 0 Å². The fraction of sp³-hybridized carbons (Fsp3) is 0.136. The van der Waals surface area contributed by atoms with Crippen LogP contribution in [0.3, 0.4) is 0 Å². The van der Waals surface area contributed by atoms with Crippen molar-refractivity contribution in [1.29, 1.82) is 0 Å². The maximum absolute atomic E-state index is 2.40. The Morgan fingerprint density at radius 2 is 0.957 bits per heavy atom. The lowest BCUT2D eigenvalue weighted by atomic mass is 9.81. The largest absolute Gasteiger partial charge is 0.310 e. The lowest BCUT2D eigenvalue weighted by Crippen LogP contribution is -2.37. The molecule has 2 heteroatoms. The van der Waals surface area contributed by atoms with Crippen LogP contribution in [0.5, 0.6) is 0 Å². The molecule has 0 saturated heterocycles. The summed E-state index contributed by atoms with van der Waals surface area (Å²) >= 11 is 0. The summed E-state index contributed by atoms with van der Waals surface area (Å²) in [6.07, 6.45) is 4.47. The first-order chi connectivity index (χ1) is 22.2. The van der Waals surface area contributed by atoms with Crippen LogP contribution in [-0.2, 0) is 5.41 Å². The van der Waals surface area contributed by atoms with Crippen LogP contribution in [0, 0.1) is 0 Å². The van der Waals surface area contributed by atoms with Crippen LogP contribution < -0.4 is 10.1 Å². The lowest BCUT2D eigenvalue weighted by Gasteiger charge is -2.28. The van der Waals surface area contributed by atoms with E-state index in [-0.39, 0.29) is 5.41 Å². The second-order valence-electron chi connectivity index (χ2n) is 13.9. The Morgan fingerprint density at radius 3 is 1.52 bits per heavy atom. The highest BCUT2D eigenvalue weighted by Gasteiger charge is 2.36. The summed E-state index contributed by atoms with van der Waals surface area (Å²) in [5, 5.41) is 1.50. The number of rotatable bonds is 7. The first kappa shape index (κ1) is 29.8. The maximum Gasteiger partial charge on any atom is 0.0775 e. The Balaban J connectivity index is 1.15. The number of hydrogen-bond acceptors (Lipinski definition) is 1. The summed E-state index contributed by atoms with van der Waals surface area (Å²) in [4.78, 5) is 2.35. The maximum atomic E-state index is 2.40. The molecule has 0 radical (unpaired) electrons. The zero-order chi connectivity index (χ0) is 31.9. The molecule has 0 unspecified atom stereocenters. The molecule has 0 spiro atoms. The molecule has 0 aliphatic heterocycles. The van der Waals surface area contributed by atoms with E-state index in [1.807, 2.05) is 0 Å². The van der Waals surface area contributed by atoms with Crippen LogP contribution in [0.1, 0.15) is 36.1 Å². The van der Waals surface area contributed by atoms with Crippen LogP contribution >= 0.6 is 0 Å². The van der Waals surface area contributed by atoms with Gasteiger partial charge in [-0.25, -0.2) is 0 Å². The standard InChI is InChI=1S/C44H41NSi/c1-44(2)42-30-33(17-16-32-18-21-34(22-19-32)35-23-26-39(27-24-35)46(3,4)5)20-28-40(42)41-29-25-38(31-43(41)44)45(36-12-8-6-9-13-36)37-14-10-7-11-15-37/h6-31H,1-5H3. The van der Waals surface area contributed by atoms with E-state index in [4.69, 9.17) is 0 Å². The van der Waals surface area contributed by atoms with E-state index in [1.165, 1.54) is 55.4 Å². The molecule has 1 aliphatic carbocycles. The van der Waals surface area contributed by atoms with Crippen molar-refractivity contribution in [2.24, 2.45) is 0 Å². The molecular weight excluding hydrogens is 571 g/mol. The van der Waals surface area contributed by atoms with Crippen molar-refractivity contribution in [1.82, 2.24) is 0 Å². The lowest BCUT2D eigenvalue weighted by molar-refractivity contribution is 0.660. The topological polar surface area (TPSA) is 3.24 Å². The molecule has 46 heavy (non-hydrogen) atoms. The van der Waals surface area contributed by atoms with Crippen LogP contribution in [0.25, 0.3) is 34.4 Å². The summed E-state index contributed by atoms with van der Waals surface area (Å²) < 4.78 is 0. The van der Waals surface area contributed by atoms with Crippen molar-refractivity contribution in [2.45, 2.75) is 38.9 Å². The van der Waals surface area contributed by atoms with E-state index in [1.54, 1.807) is 0 Å². The molecule has 0 bridgehead atoms. The van der Waals surface area contributed by atoms with E-state index in [2.05, 4.69) is 196 Å². The van der Waals surface area contributed by atoms with E-state index < -0.39 is 8.07 Å². The van der Waals surface area contributed by atoms with Crippen LogP contribution in [0.4, 0.5) is 17.1 Å². The number of benzene rings is 6. The average Bonchev–Trinajstić information content (AvgIpc) is 3.30. The smallest absolute Gasteiger partial charge is 0.0775 e. The van der Waals surface area contributed by atoms with Crippen molar-refractivity contribution in [3.8, 4) is 22.3 Å². The van der Waals surface area contributed by atoms with Crippen LogP contribution in [0.2, 0.25) is 19.6 Å². The molecule has 7 rings (SSSR count). The number of nitrogens with zero attached hydrogens (tertiary/aromatic N) is 1. The van der Waals surface area contributed by atoms with Crippen molar-refractivity contribution in [2.75, 3.05) is 4.90 Å². The Labute approximate surface area is 275 Å². The fourth-order valence-corrected chi connectivity index (χ4v) is 7.90. The molecular formula is C44H41NSi. The minimum Gasteiger partial charge on any atom is -0.310 e. The zero-order valence-corrected chi connectivity index (χ0v) is 28.5. The van der Waals surface area contributed by atoms with Gasteiger partial charge in [0.15, 0.2) is 0 Å². The molecule has 0 N–H and O–H groups in total. The monoisotopic (exact) mass is 611 g/mol. The Kier molecular flexibility index (Phi) is 7.62. The van der Waals surface area contributed by atoms with Crippen LogP contribution in [-0.4, -0.2) is 8.07 Å². The van der Waals surface area contributed by atoms with Crippen LogP contribution in [0.15, 0.2) is 146 Å². The van der Waals surface area contributed by atoms with Crippen molar-refractivity contribution in [3.05, 3.63) is 168 Å². The van der Waals surface area contributed by atoms with Gasteiger partial charge < -0.3 is 4.90 Å². The second-order valence-corrected chi connectivity index (χ2v) is 19.0. The first-order valence-corrected chi connectivity index (χ1v) is 19.8. The molecule has 0 heterocycles. The Morgan fingerprint density at radius 1 is 0.478 bits per heavy atom. The SMILES string of the molecule is CC1(C)c2cc(C=Cc3ccc(-c4ccc([Si](C)(C)C)cc4)cc3)ccc2-c2ccc(N(c3ccccc3)c3ccccc3)cc21. The van der Waals surface area contributed by atoms with Crippen molar-refractivity contribution in [3.63, 3.8) is 0 Å². The summed E-state index contributed by atoms with van der Waals surface area (Å²) in [5.41, 5.74) is 13.7. The molecule has 0 fully saturated rings. The summed E-state index contributed by atoms with van der Waals surface area (Å²) in [5.74, 6) is 0. The molecule has 6 aromatic carbocycles. The molecule has 0 atom stereocenters. The fourth-order valence-electron chi connectivity index (χ4n) is 6.73. The number of fused-ring (bicyclic) bond motifs is 3. The van der Waals surface area contributed by atoms with Gasteiger partial charge in [0.05, 0.1) is 8.07 Å². The third kappa shape index (κ3) is 5.66. The normalized spacial score (nSPS) is 13.4. The predicted molar refractivity (Wildman–Crippen MR) is 202 cm³/mol. The van der Waals surface area contributed by atoms with Crippen molar-refractivity contribution >= 4 is 42.5 Å². The van der Waals surface area contributed by atoms with E-state index in [0.717, 1.165) is 11.4 Å². The highest BCUT2D eigenvalue weighted by atomic mass is 28.3. The van der Waals surface area contributed by atoms with E-state index >= 15 is 0 Å². The van der Waals surface area contributed by atoms with E-state index in [9.17, 15) is 0 Å². The first-order valence-electron chi connectivity index (χ1n) is 16.3. The molecule has 1 nitrogen and oxygen atoms in total. The van der Waals surface area contributed by atoms with Gasteiger partial charge in [0.25, 0.3) is 0 Å². The molecule has 0 saturated carbocycles. The minimum absolute atomic E-state index is 0.115. The average molecular weight is 612 g/mol. The molecule has 0 amide bonds. The number of para-hydroxylation sites is 2.